The van der Waals surface area contributed by atoms with Crippen molar-refractivity contribution >= 4 is 23.5 Å². The number of aliphatic imine (C=N–C) groups is 1. The molecule has 86 valence electrons. The van der Waals surface area contributed by atoms with Crippen molar-refractivity contribution in [3.05, 3.63) is 64.7 Å². The average molecular weight is 246 g/mol. The largest absolute Gasteiger partial charge is 0.392 e. The van der Waals surface area contributed by atoms with Crippen molar-refractivity contribution in [3.8, 4) is 0 Å². The topological polar surface area (TPSA) is 32.6 Å². The molecule has 17 heavy (non-hydrogen) atoms. The molecule has 1 N–H and O–H groups in total. The molecule has 0 aliphatic heterocycles. The number of para-hydroxylation sites is 1. The third kappa shape index (κ3) is 3.16. The Balaban J connectivity index is 2.22. The van der Waals surface area contributed by atoms with Gasteiger partial charge in [-0.1, -0.05) is 41.9 Å². The molecule has 2 rings (SSSR count). The van der Waals surface area contributed by atoms with E-state index in [0.29, 0.717) is 5.02 Å². The average Bonchev–Trinajstić information content (AvgIpc) is 2.38. The predicted octanol–water partition coefficient (Wildman–Crippen LogP) is 3.58. The van der Waals surface area contributed by atoms with Crippen molar-refractivity contribution in [1.82, 2.24) is 0 Å². The summed E-state index contributed by atoms with van der Waals surface area (Å²) < 4.78 is 0. The van der Waals surface area contributed by atoms with Gasteiger partial charge in [0, 0.05) is 16.8 Å². The van der Waals surface area contributed by atoms with Gasteiger partial charge in [-0.25, -0.2) is 0 Å². The first kappa shape index (κ1) is 11.8. The van der Waals surface area contributed by atoms with Crippen LogP contribution in [0.1, 0.15) is 11.1 Å². The van der Waals surface area contributed by atoms with E-state index in [-0.39, 0.29) is 6.61 Å². The molecule has 0 fully saturated rings. The van der Waals surface area contributed by atoms with Crippen molar-refractivity contribution in [3.63, 3.8) is 0 Å². The van der Waals surface area contributed by atoms with Crippen LogP contribution in [0.5, 0.6) is 0 Å². The van der Waals surface area contributed by atoms with Crippen molar-refractivity contribution in [2.45, 2.75) is 6.61 Å². The fourth-order valence-electron chi connectivity index (χ4n) is 1.46. The second-order valence-electron chi connectivity index (χ2n) is 3.60. The van der Waals surface area contributed by atoms with Crippen LogP contribution in [-0.4, -0.2) is 11.3 Å². The van der Waals surface area contributed by atoms with Crippen molar-refractivity contribution in [2.75, 3.05) is 0 Å². The molecule has 0 bridgehead atoms. The monoisotopic (exact) mass is 245 g/mol. The first-order valence-electron chi connectivity index (χ1n) is 5.28. The smallest absolute Gasteiger partial charge is 0.0702 e. The molecule has 3 heteroatoms. The van der Waals surface area contributed by atoms with Crippen molar-refractivity contribution in [2.24, 2.45) is 4.99 Å². The summed E-state index contributed by atoms with van der Waals surface area (Å²) in [6.45, 7) is -0.00582. The summed E-state index contributed by atoms with van der Waals surface area (Å²) >= 11 is 5.80. The Morgan fingerprint density at radius 2 is 1.76 bits per heavy atom. The van der Waals surface area contributed by atoms with Crippen LogP contribution in [0.3, 0.4) is 0 Å². The van der Waals surface area contributed by atoms with Gasteiger partial charge in [0.15, 0.2) is 0 Å². The summed E-state index contributed by atoms with van der Waals surface area (Å²) in [4.78, 5) is 4.35. The van der Waals surface area contributed by atoms with Gasteiger partial charge in [-0.3, -0.25) is 4.99 Å². The van der Waals surface area contributed by atoms with Crippen LogP contribution in [-0.2, 0) is 6.61 Å². The van der Waals surface area contributed by atoms with Gasteiger partial charge in [0.25, 0.3) is 0 Å². The SMILES string of the molecule is OCc1ccccc1N=Cc1ccc(Cl)cc1. The number of benzene rings is 2. The number of hydrogen-bond donors (Lipinski definition) is 1. The summed E-state index contributed by atoms with van der Waals surface area (Å²) in [7, 11) is 0. The van der Waals surface area contributed by atoms with E-state index in [1.54, 1.807) is 6.21 Å². The maximum atomic E-state index is 9.16. The molecule has 0 spiro atoms. The molecule has 0 amide bonds. The quantitative estimate of drug-likeness (QED) is 0.824. The van der Waals surface area contributed by atoms with Crippen molar-refractivity contribution in [1.29, 1.82) is 0 Å². The van der Waals surface area contributed by atoms with E-state index >= 15 is 0 Å². The van der Waals surface area contributed by atoms with Crippen molar-refractivity contribution < 1.29 is 5.11 Å². The van der Waals surface area contributed by atoms with Gasteiger partial charge in [-0.05, 0) is 23.8 Å². The summed E-state index contributed by atoms with van der Waals surface area (Å²) in [6.07, 6.45) is 1.75. The Labute approximate surface area is 105 Å². The molecule has 0 atom stereocenters. The Morgan fingerprint density at radius 1 is 1.06 bits per heavy atom. The van der Waals surface area contributed by atoms with E-state index in [0.717, 1.165) is 16.8 Å². The van der Waals surface area contributed by atoms with E-state index in [4.69, 9.17) is 16.7 Å². The van der Waals surface area contributed by atoms with E-state index in [1.807, 2.05) is 48.5 Å². The molecule has 0 heterocycles. The van der Waals surface area contributed by atoms with Crippen LogP contribution in [0.2, 0.25) is 5.02 Å². The Bertz CT molecular complexity index is 520. The molecule has 0 radical (unpaired) electrons. The minimum absolute atomic E-state index is 0.00582. The third-order valence-electron chi connectivity index (χ3n) is 2.38. The van der Waals surface area contributed by atoms with Gasteiger partial charge in [0.2, 0.25) is 0 Å². The molecule has 2 nitrogen and oxygen atoms in total. The summed E-state index contributed by atoms with van der Waals surface area (Å²) in [6, 6.07) is 14.9. The normalized spacial score (nSPS) is 10.9. The van der Waals surface area contributed by atoms with Crippen LogP contribution in [0.4, 0.5) is 5.69 Å². The van der Waals surface area contributed by atoms with Gasteiger partial charge in [0.1, 0.15) is 0 Å². The third-order valence-corrected chi connectivity index (χ3v) is 2.64. The molecule has 0 saturated heterocycles. The molecule has 2 aromatic rings. The standard InChI is InChI=1S/C14H12ClNO/c15-13-7-5-11(6-8-13)9-16-14-4-2-1-3-12(14)10-17/h1-9,17H,10H2. The molecule has 0 unspecified atom stereocenters. The minimum Gasteiger partial charge on any atom is -0.392 e. The van der Waals surface area contributed by atoms with Crippen LogP contribution < -0.4 is 0 Å². The number of nitrogens with zero attached hydrogens (tertiary/aromatic N) is 1. The van der Waals surface area contributed by atoms with Crippen LogP contribution in [0.15, 0.2) is 53.5 Å². The zero-order chi connectivity index (χ0) is 12.1. The first-order valence-corrected chi connectivity index (χ1v) is 5.66. The molecule has 0 aliphatic rings. The molecule has 0 saturated carbocycles. The van der Waals surface area contributed by atoms with Gasteiger partial charge in [-0.15, -0.1) is 0 Å². The summed E-state index contributed by atoms with van der Waals surface area (Å²) in [5.41, 5.74) is 2.57. The van der Waals surface area contributed by atoms with E-state index in [1.165, 1.54) is 0 Å². The zero-order valence-electron chi connectivity index (χ0n) is 9.18. The number of aliphatic hydroxyl groups excluding tert-OH is 1. The van der Waals surface area contributed by atoms with Crippen LogP contribution in [0, 0.1) is 0 Å². The lowest BCUT2D eigenvalue weighted by molar-refractivity contribution is 0.282. The fourth-order valence-corrected chi connectivity index (χ4v) is 1.59. The highest BCUT2D eigenvalue weighted by molar-refractivity contribution is 6.30. The lowest BCUT2D eigenvalue weighted by atomic mass is 10.2. The lowest BCUT2D eigenvalue weighted by Gasteiger charge is -2.00. The Hall–Kier alpha value is -1.64. The predicted molar refractivity (Wildman–Crippen MR) is 71.1 cm³/mol. The molecule has 0 aromatic heterocycles. The molecule has 0 aliphatic carbocycles. The lowest BCUT2D eigenvalue weighted by Crippen LogP contribution is -1.84. The van der Waals surface area contributed by atoms with E-state index in [9.17, 15) is 0 Å². The second-order valence-corrected chi connectivity index (χ2v) is 4.03. The van der Waals surface area contributed by atoms with Gasteiger partial charge >= 0.3 is 0 Å². The first-order chi connectivity index (χ1) is 8.29. The van der Waals surface area contributed by atoms with E-state index < -0.39 is 0 Å². The maximum absolute atomic E-state index is 9.16. The summed E-state index contributed by atoms with van der Waals surface area (Å²) in [5.74, 6) is 0. The second kappa shape index (κ2) is 5.62. The highest BCUT2D eigenvalue weighted by Crippen LogP contribution is 2.18. The Morgan fingerprint density at radius 3 is 2.47 bits per heavy atom. The van der Waals surface area contributed by atoms with Crippen LogP contribution in [0.25, 0.3) is 0 Å². The van der Waals surface area contributed by atoms with Gasteiger partial charge in [-0.2, -0.15) is 0 Å². The molecular weight excluding hydrogens is 234 g/mol. The number of aliphatic hydroxyl groups is 1. The zero-order valence-corrected chi connectivity index (χ0v) is 9.93. The van der Waals surface area contributed by atoms with Crippen LogP contribution >= 0.6 is 11.6 Å². The highest BCUT2D eigenvalue weighted by atomic mass is 35.5. The van der Waals surface area contributed by atoms with E-state index in [2.05, 4.69) is 4.99 Å². The number of rotatable bonds is 3. The minimum atomic E-state index is -0.00582. The number of halogens is 1. The van der Waals surface area contributed by atoms with Gasteiger partial charge < -0.3 is 5.11 Å². The maximum Gasteiger partial charge on any atom is 0.0702 e. The number of hydrogen-bond acceptors (Lipinski definition) is 2. The Kier molecular flexibility index (Phi) is 3.91. The highest BCUT2D eigenvalue weighted by Gasteiger charge is 1.97. The fraction of sp³-hybridized carbons (Fsp3) is 0.0714. The van der Waals surface area contributed by atoms with Gasteiger partial charge in [0.05, 0.1) is 12.3 Å². The summed E-state index contributed by atoms with van der Waals surface area (Å²) in [5, 5.41) is 9.87. The molecule has 2 aromatic carbocycles. The molecular formula is C14H12ClNO.